The summed E-state index contributed by atoms with van der Waals surface area (Å²) in [4.78, 5) is 25.5. The smallest absolute Gasteiger partial charge is 0.416 e. The van der Waals surface area contributed by atoms with Gasteiger partial charge in [-0.2, -0.15) is 13.2 Å². The number of aliphatic carboxylic acids is 1. The average Bonchev–Trinajstić information content (AvgIpc) is 3.50. The first-order valence-electron chi connectivity index (χ1n) is 9.50. The summed E-state index contributed by atoms with van der Waals surface area (Å²) in [6.45, 7) is 2.06. The van der Waals surface area contributed by atoms with Gasteiger partial charge in [-0.05, 0) is 48.1 Å². The molecule has 2 aromatic rings. The summed E-state index contributed by atoms with van der Waals surface area (Å²) in [7, 11) is 0. The molecule has 0 bridgehead atoms. The number of hydrogen-bond donors (Lipinski definition) is 1. The van der Waals surface area contributed by atoms with Crippen molar-refractivity contribution in [1.82, 2.24) is 4.90 Å². The molecule has 0 aromatic heterocycles. The molecule has 1 aliphatic rings. The Bertz CT molecular complexity index is 906. The van der Waals surface area contributed by atoms with Crippen LogP contribution in [0.25, 0.3) is 11.1 Å². The van der Waals surface area contributed by atoms with E-state index in [1.807, 2.05) is 0 Å². The molecule has 1 aliphatic carbocycles. The van der Waals surface area contributed by atoms with Crippen LogP contribution in [0.15, 0.2) is 42.5 Å². The van der Waals surface area contributed by atoms with Crippen LogP contribution in [0.2, 0.25) is 0 Å². The van der Waals surface area contributed by atoms with Crippen LogP contribution in [0, 0.1) is 5.92 Å². The quantitative estimate of drug-likeness (QED) is 0.723. The summed E-state index contributed by atoms with van der Waals surface area (Å²) in [5, 5.41) is 9.29. The maximum absolute atomic E-state index is 13.7. The fraction of sp³-hybridized carbons (Fsp3) is 0.364. The zero-order valence-electron chi connectivity index (χ0n) is 16.0. The highest BCUT2D eigenvalue weighted by molar-refractivity contribution is 5.82. The van der Waals surface area contributed by atoms with E-state index in [4.69, 9.17) is 0 Å². The predicted molar refractivity (Wildman–Crippen MR) is 102 cm³/mol. The highest BCUT2D eigenvalue weighted by Gasteiger charge is 2.37. The van der Waals surface area contributed by atoms with Crippen molar-refractivity contribution in [3.63, 3.8) is 0 Å². The monoisotopic (exact) mass is 405 g/mol. The highest BCUT2D eigenvalue weighted by Crippen LogP contribution is 2.39. The third kappa shape index (κ3) is 4.78. The summed E-state index contributed by atoms with van der Waals surface area (Å²) < 4.78 is 41.0. The normalized spacial score (nSPS) is 13.9. The molecule has 1 saturated carbocycles. The number of nitrogens with zero attached hydrogens (tertiary/aromatic N) is 1. The molecule has 1 amide bonds. The summed E-state index contributed by atoms with van der Waals surface area (Å²) in [6.07, 6.45) is -3.89. The first-order chi connectivity index (χ1) is 13.7. The van der Waals surface area contributed by atoms with E-state index in [2.05, 4.69) is 0 Å². The molecule has 29 heavy (non-hydrogen) atoms. The van der Waals surface area contributed by atoms with Gasteiger partial charge in [-0.15, -0.1) is 0 Å². The number of hydrogen-bond acceptors (Lipinski definition) is 2. The fourth-order valence-corrected chi connectivity index (χ4v) is 3.51. The van der Waals surface area contributed by atoms with Gasteiger partial charge in [0.1, 0.15) is 0 Å². The molecule has 0 saturated heterocycles. The van der Waals surface area contributed by atoms with Crippen LogP contribution < -0.4 is 0 Å². The maximum Gasteiger partial charge on any atom is 0.416 e. The number of rotatable bonds is 7. The molecule has 0 unspecified atom stereocenters. The van der Waals surface area contributed by atoms with Gasteiger partial charge >= 0.3 is 12.1 Å². The van der Waals surface area contributed by atoms with Crippen LogP contribution in [0.3, 0.4) is 0 Å². The lowest BCUT2D eigenvalue weighted by atomic mass is 9.89. The lowest BCUT2D eigenvalue weighted by Gasteiger charge is -2.26. The van der Waals surface area contributed by atoms with E-state index in [1.54, 1.807) is 37.3 Å². The van der Waals surface area contributed by atoms with E-state index in [1.165, 1.54) is 11.0 Å². The topological polar surface area (TPSA) is 57.6 Å². The van der Waals surface area contributed by atoms with Crippen molar-refractivity contribution in [3.8, 4) is 11.1 Å². The van der Waals surface area contributed by atoms with E-state index < -0.39 is 24.1 Å². The van der Waals surface area contributed by atoms with Gasteiger partial charge in [-0.25, -0.2) is 0 Å². The van der Waals surface area contributed by atoms with Gasteiger partial charge in [-0.3, -0.25) is 9.59 Å². The predicted octanol–water partition coefficient (Wildman–Crippen LogP) is 4.76. The summed E-state index contributed by atoms with van der Waals surface area (Å²) in [6, 6.07) is 11.1. The van der Waals surface area contributed by atoms with E-state index in [9.17, 15) is 27.9 Å². The molecule has 0 heterocycles. The molecule has 0 aliphatic heterocycles. The second kappa shape index (κ2) is 8.27. The van der Waals surface area contributed by atoms with Gasteiger partial charge in [-0.1, -0.05) is 36.4 Å². The molecule has 7 heteroatoms. The Hall–Kier alpha value is -2.83. The molecule has 3 rings (SSSR count). The number of carboxylic acid groups (broad SMARTS) is 1. The van der Waals surface area contributed by atoms with Gasteiger partial charge < -0.3 is 10.0 Å². The number of alkyl halides is 3. The molecule has 2 aromatic carbocycles. The standard InChI is InChI=1S/C22H22F3NO3/c1-2-26(21(29)15-8-9-15)13-18-16(14-6-4-3-5-7-14)10-11-19(22(23,24)25)17(18)12-20(27)28/h3-7,10-11,15H,2,8-9,12-13H2,1H3,(H,27,28). The maximum atomic E-state index is 13.7. The average molecular weight is 405 g/mol. The Balaban J connectivity index is 2.18. The SMILES string of the molecule is CCN(Cc1c(-c2ccccc2)ccc(C(F)(F)F)c1CC(=O)O)C(=O)C1CC1. The van der Waals surface area contributed by atoms with Crippen molar-refractivity contribution in [2.24, 2.45) is 5.92 Å². The molecular formula is C22H22F3NO3. The molecule has 154 valence electrons. The minimum absolute atomic E-state index is 0.0530. The molecule has 4 nitrogen and oxygen atoms in total. The van der Waals surface area contributed by atoms with Crippen molar-refractivity contribution in [2.45, 2.75) is 38.9 Å². The van der Waals surface area contributed by atoms with Crippen molar-refractivity contribution in [3.05, 3.63) is 59.2 Å². The van der Waals surface area contributed by atoms with Crippen LogP contribution in [0.5, 0.6) is 0 Å². The Morgan fingerprint density at radius 2 is 1.72 bits per heavy atom. The molecule has 0 radical (unpaired) electrons. The van der Waals surface area contributed by atoms with Crippen LogP contribution >= 0.6 is 0 Å². The Kier molecular flexibility index (Phi) is 5.96. The van der Waals surface area contributed by atoms with E-state index >= 15 is 0 Å². The number of carbonyl (C=O) groups is 2. The number of carboxylic acids is 1. The Morgan fingerprint density at radius 3 is 2.24 bits per heavy atom. The lowest BCUT2D eigenvalue weighted by Crippen LogP contribution is -2.32. The minimum Gasteiger partial charge on any atom is -0.481 e. The van der Waals surface area contributed by atoms with Crippen LogP contribution in [-0.4, -0.2) is 28.4 Å². The third-order valence-corrected chi connectivity index (χ3v) is 5.12. The Morgan fingerprint density at radius 1 is 1.07 bits per heavy atom. The van der Waals surface area contributed by atoms with Crippen molar-refractivity contribution in [2.75, 3.05) is 6.54 Å². The van der Waals surface area contributed by atoms with Crippen molar-refractivity contribution < 1.29 is 27.9 Å². The van der Waals surface area contributed by atoms with E-state index in [0.29, 0.717) is 17.7 Å². The van der Waals surface area contributed by atoms with Gasteiger partial charge in [0.15, 0.2) is 0 Å². The van der Waals surface area contributed by atoms with E-state index in [0.717, 1.165) is 18.9 Å². The molecule has 0 atom stereocenters. The van der Waals surface area contributed by atoms with Gasteiger partial charge in [0.2, 0.25) is 5.91 Å². The van der Waals surface area contributed by atoms with Crippen molar-refractivity contribution in [1.29, 1.82) is 0 Å². The zero-order valence-corrected chi connectivity index (χ0v) is 16.0. The summed E-state index contributed by atoms with van der Waals surface area (Å²) >= 11 is 0. The second-order valence-electron chi connectivity index (χ2n) is 7.18. The number of amides is 1. The number of carbonyl (C=O) groups excluding carboxylic acids is 1. The van der Waals surface area contributed by atoms with Gasteiger partial charge in [0.05, 0.1) is 12.0 Å². The largest absolute Gasteiger partial charge is 0.481 e. The van der Waals surface area contributed by atoms with Crippen molar-refractivity contribution >= 4 is 11.9 Å². The number of halogens is 3. The first-order valence-corrected chi connectivity index (χ1v) is 9.50. The Labute approximate surface area is 167 Å². The van der Waals surface area contributed by atoms with Crippen LogP contribution in [0.4, 0.5) is 13.2 Å². The first kappa shape index (κ1) is 20.9. The zero-order chi connectivity index (χ0) is 21.2. The van der Waals surface area contributed by atoms with Crippen LogP contribution in [-0.2, 0) is 28.7 Å². The molecular weight excluding hydrogens is 383 g/mol. The highest BCUT2D eigenvalue weighted by atomic mass is 19.4. The lowest BCUT2D eigenvalue weighted by molar-refractivity contribution is -0.139. The minimum atomic E-state index is -4.69. The summed E-state index contributed by atoms with van der Waals surface area (Å²) in [5.41, 5.74) is 0.178. The molecule has 0 spiro atoms. The summed E-state index contributed by atoms with van der Waals surface area (Å²) in [5.74, 6) is -1.52. The van der Waals surface area contributed by atoms with Gasteiger partial charge in [0, 0.05) is 19.0 Å². The molecule has 1 N–H and O–H groups in total. The second-order valence-corrected chi connectivity index (χ2v) is 7.18. The van der Waals surface area contributed by atoms with E-state index in [-0.39, 0.29) is 29.5 Å². The van der Waals surface area contributed by atoms with Gasteiger partial charge in [0.25, 0.3) is 0 Å². The number of benzene rings is 2. The molecule has 1 fully saturated rings. The fourth-order valence-electron chi connectivity index (χ4n) is 3.51. The third-order valence-electron chi connectivity index (χ3n) is 5.12. The van der Waals surface area contributed by atoms with Crippen LogP contribution in [0.1, 0.15) is 36.5 Å².